The molecule has 132 valence electrons. The number of likely N-dealkylation sites (tertiary alicyclic amines) is 1. The van der Waals surface area contributed by atoms with Crippen LogP contribution in [-0.2, 0) is 14.3 Å². The summed E-state index contributed by atoms with van der Waals surface area (Å²) in [5, 5.41) is 2.69. The van der Waals surface area contributed by atoms with Crippen LogP contribution in [0.1, 0.15) is 61.3 Å². The number of carbonyl (C=O) groups is 3. The molecule has 1 aliphatic heterocycles. The van der Waals surface area contributed by atoms with Crippen LogP contribution in [0.5, 0.6) is 0 Å². The van der Waals surface area contributed by atoms with Gasteiger partial charge in [0.15, 0.2) is 5.78 Å². The number of amides is 2. The van der Waals surface area contributed by atoms with Crippen LogP contribution in [0.15, 0.2) is 0 Å². The van der Waals surface area contributed by atoms with E-state index in [9.17, 15) is 14.4 Å². The number of hydrogen-bond acceptors (Lipinski definition) is 4. The molecule has 0 aliphatic carbocycles. The molecule has 6 heteroatoms. The molecule has 1 N–H and O–H groups in total. The average molecular weight is 326 g/mol. The van der Waals surface area contributed by atoms with Gasteiger partial charge in [-0.25, -0.2) is 4.79 Å². The van der Waals surface area contributed by atoms with Crippen LogP contribution in [0.4, 0.5) is 4.79 Å². The van der Waals surface area contributed by atoms with Crippen LogP contribution in [0.25, 0.3) is 0 Å². The molecular weight excluding hydrogens is 296 g/mol. The lowest BCUT2D eigenvalue weighted by atomic mass is 9.85. The number of hydrogen-bond donors (Lipinski definition) is 1. The Bertz CT molecular complexity index is 474. The fraction of sp³-hybridized carbons (Fsp3) is 0.824. The van der Waals surface area contributed by atoms with Gasteiger partial charge in [0.1, 0.15) is 11.6 Å². The molecule has 1 fully saturated rings. The minimum atomic E-state index is -0.739. The van der Waals surface area contributed by atoms with Gasteiger partial charge in [-0.2, -0.15) is 0 Å². The summed E-state index contributed by atoms with van der Waals surface area (Å²) in [5.41, 5.74) is -1.12. The zero-order chi connectivity index (χ0) is 18.0. The molecule has 0 aromatic heterocycles. The summed E-state index contributed by atoms with van der Waals surface area (Å²) >= 11 is 0. The second kappa shape index (κ2) is 6.89. The molecule has 0 spiro atoms. The smallest absolute Gasteiger partial charge is 0.408 e. The van der Waals surface area contributed by atoms with Gasteiger partial charge in [-0.15, -0.1) is 0 Å². The molecule has 6 nitrogen and oxygen atoms in total. The van der Waals surface area contributed by atoms with E-state index < -0.39 is 23.2 Å². The van der Waals surface area contributed by atoms with Crippen LogP contribution in [0.3, 0.4) is 0 Å². The fourth-order valence-corrected chi connectivity index (χ4v) is 2.69. The van der Waals surface area contributed by atoms with Gasteiger partial charge in [0.05, 0.1) is 6.04 Å². The normalized spacial score (nSPS) is 20.1. The van der Waals surface area contributed by atoms with E-state index in [2.05, 4.69) is 5.32 Å². The van der Waals surface area contributed by atoms with E-state index in [1.807, 2.05) is 20.8 Å². The summed E-state index contributed by atoms with van der Waals surface area (Å²) in [6.07, 6.45) is 0.869. The third-order valence-electron chi connectivity index (χ3n) is 3.78. The molecule has 0 bridgehead atoms. The van der Waals surface area contributed by atoms with Crippen molar-refractivity contribution in [2.75, 3.05) is 6.54 Å². The van der Waals surface area contributed by atoms with Crippen LogP contribution in [0.2, 0.25) is 0 Å². The third-order valence-corrected chi connectivity index (χ3v) is 3.78. The Balaban J connectivity index is 2.92. The van der Waals surface area contributed by atoms with E-state index in [0.717, 1.165) is 6.42 Å². The first-order valence-corrected chi connectivity index (χ1v) is 8.13. The van der Waals surface area contributed by atoms with Gasteiger partial charge < -0.3 is 15.0 Å². The Morgan fingerprint density at radius 3 is 2.13 bits per heavy atom. The fourth-order valence-electron chi connectivity index (χ4n) is 2.69. The van der Waals surface area contributed by atoms with Crippen LogP contribution in [0, 0.1) is 5.41 Å². The van der Waals surface area contributed by atoms with E-state index in [4.69, 9.17) is 4.74 Å². The first-order chi connectivity index (χ1) is 10.3. The van der Waals surface area contributed by atoms with Crippen molar-refractivity contribution in [1.82, 2.24) is 10.2 Å². The molecule has 0 aromatic rings. The standard InChI is InChI=1S/C17H30N2O4/c1-11(20)12-9-8-10-19(12)14(21)13(16(2,3)4)18-15(22)23-17(5,6)7/h12-13H,8-10H2,1-7H3,(H,18,22)/t12-,13+/m0/s1. The van der Waals surface area contributed by atoms with E-state index in [1.54, 1.807) is 25.7 Å². The van der Waals surface area contributed by atoms with Crippen molar-refractivity contribution in [3.05, 3.63) is 0 Å². The van der Waals surface area contributed by atoms with Crippen molar-refractivity contribution in [2.24, 2.45) is 5.41 Å². The molecule has 2 amide bonds. The maximum atomic E-state index is 12.9. The first-order valence-electron chi connectivity index (χ1n) is 8.13. The quantitative estimate of drug-likeness (QED) is 0.864. The maximum Gasteiger partial charge on any atom is 0.408 e. The average Bonchev–Trinajstić information content (AvgIpc) is 2.80. The minimum Gasteiger partial charge on any atom is -0.444 e. The molecule has 1 aliphatic rings. The van der Waals surface area contributed by atoms with Gasteiger partial charge in [-0.3, -0.25) is 9.59 Å². The van der Waals surface area contributed by atoms with Gasteiger partial charge in [-0.05, 0) is 46.0 Å². The predicted molar refractivity (Wildman–Crippen MR) is 88.0 cm³/mol. The largest absolute Gasteiger partial charge is 0.444 e. The van der Waals surface area contributed by atoms with E-state index >= 15 is 0 Å². The lowest BCUT2D eigenvalue weighted by Crippen LogP contribution is -2.57. The van der Waals surface area contributed by atoms with Crippen LogP contribution >= 0.6 is 0 Å². The zero-order valence-electron chi connectivity index (χ0n) is 15.4. The van der Waals surface area contributed by atoms with Gasteiger partial charge >= 0.3 is 6.09 Å². The molecule has 1 rings (SSSR count). The summed E-state index contributed by atoms with van der Waals surface area (Å²) in [7, 11) is 0. The summed E-state index contributed by atoms with van der Waals surface area (Å²) in [4.78, 5) is 38.3. The highest BCUT2D eigenvalue weighted by molar-refractivity contribution is 5.92. The predicted octanol–water partition coefficient (Wildman–Crippen LogP) is 2.51. The van der Waals surface area contributed by atoms with Gasteiger partial charge in [0.2, 0.25) is 5.91 Å². The molecule has 23 heavy (non-hydrogen) atoms. The van der Waals surface area contributed by atoms with Gasteiger partial charge in [0, 0.05) is 6.54 Å². The van der Waals surface area contributed by atoms with E-state index in [1.165, 1.54) is 6.92 Å². The van der Waals surface area contributed by atoms with E-state index in [-0.39, 0.29) is 17.7 Å². The number of Topliss-reactive ketones (excluding diaryl/α,β-unsaturated/α-hetero) is 1. The minimum absolute atomic E-state index is 0.0132. The highest BCUT2D eigenvalue weighted by atomic mass is 16.6. The van der Waals surface area contributed by atoms with Gasteiger partial charge in [0.25, 0.3) is 0 Å². The number of alkyl carbamates (subject to hydrolysis) is 1. The highest BCUT2D eigenvalue weighted by Crippen LogP contribution is 2.26. The highest BCUT2D eigenvalue weighted by Gasteiger charge is 2.41. The maximum absolute atomic E-state index is 12.9. The second-order valence-electron chi connectivity index (χ2n) is 8.25. The first kappa shape index (κ1) is 19.5. The van der Waals surface area contributed by atoms with Crippen molar-refractivity contribution in [1.29, 1.82) is 0 Å². The molecule has 2 atom stereocenters. The summed E-state index contributed by atoms with van der Waals surface area (Å²) < 4.78 is 5.26. The monoisotopic (exact) mass is 326 g/mol. The summed E-state index contributed by atoms with van der Waals surface area (Å²) in [6.45, 7) is 13.0. The number of nitrogens with zero attached hydrogens (tertiary/aromatic N) is 1. The van der Waals surface area contributed by atoms with Crippen molar-refractivity contribution < 1.29 is 19.1 Å². The Morgan fingerprint density at radius 2 is 1.70 bits per heavy atom. The Hall–Kier alpha value is -1.59. The molecule has 0 radical (unpaired) electrons. The van der Waals surface area contributed by atoms with Crippen LogP contribution in [-0.4, -0.2) is 46.9 Å². The summed E-state index contributed by atoms with van der Waals surface area (Å²) in [6, 6.07) is -1.12. The molecule has 1 saturated heterocycles. The third kappa shape index (κ3) is 5.52. The number of ether oxygens (including phenoxy) is 1. The summed E-state index contributed by atoms with van der Waals surface area (Å²) in [5.74, 6) is -0.234. The van der Waals surface area contributed by atoms with Crippen molar-refractivity contribution in [3.63, 3.8) is 0 Å². The van der Waals surface area contributed by atoms with Gasteiger partial charge in [-0.1, -0.05) is 20.8 Å². The number of ketones is 1. The molecule has 1 heterocycles. The topological polar surface area (TPSA) is 75.7 Å². The van der Waals surface area contributed by atoms with E-state index in [0.29, 0.717) is 13.0 Å². The molecule has 0 unspecified atom stereocenters. The zero-order valence-corrected chi connectivity index (χ0v) is 15.4. The Labute approximate surface area is 138 Å². The Morgan fingerprint density at radius 1 is 1.13 bits per heavy atom. The number of rotatable bonds is 3. The lowest BCUT2D eigenvalue weighted by Gasteiger charge is -2.35. The van der Waals surface area contributed by atoms with Crippen molar-refractivity contribution in [2.45, 2.75) is 79.0 Å². The SMILES string of the molecule is CC(=O)[C@@H]1CCCN1C(=O)[C@@H](NC(=O)OC(C)(C)C)C(C)(C)C. The number of carbonyl (C=O) groups excluding carboxylic acids is 3. The van der Waals surface area contributed by atoms with Crippen molar-refractivity contribution >= 4 is 17.8 Å². The lowest BCUT2D eigenvalue weighted by molar-refractivity contribution is -0.140. The van der Waals surface area contributed by atoms with Crippen LogP contribution < -0.4 is 5.32 Å². The number of nitrogens with one attached hydrogen (secondary N) is 1. The molecule has 0 saturated carbocycles. The Kier molecular flexibility index (Phi) is 5.83. The van der Waals surface area contributed by atoms with Crippen molar-refractivity contribution in [3.8, 4) is 0 Å². The molecule has 0 aromatic carbocycles. The molecular formula is C17H30N2O4. The second-order valence-corrected chi connectivity index (χ2v) is 8.25.